The van der Waals surface area contributed by atoms with Crippen LogP contribution in [0.5, 0.6) is 0 Å². The molecular formula is C15H22FNOS. The highest BCUT2D eigenvalue weighted by molar-refractivity contribution is 7.10. The van der Waals surface area contributed by atoms with Crippen LogP contribution < -0.4 is 5.32 Å². The number of halogens is 1. The van der Waals surface area contributed by atoms with Gasteiger partial charge >= 0.3 is 0 Å². The summed E-state index contributed by atoms with van der Waals surface area (Å²) in [5.74, 6) is 0.324. The molecule has 1 saturated carbocycles. The van der Waals surface area contributed by atoms with Crippen molar-refractivity contribution in [2.45, 2.75) is 57.9 Å². The molecule has 1 amide bonds. The Morgan fingerprint density at radius 1 is 1.42 bits per heavy atom. The van der Waals surface area contributed by atoms with E-state index in [4.69, 9.17) is 0 Å². The first-order valence-electron chi connectivity index (χ1n) is 7.26. The van der Waals surface area contributed by atoms with Crippen molar-refractivity contribution in [2.24, 2.45) is 5.92 Å². The molecule has 0 bridgehead atoms. The number of hydrogen-bond donors (Lipinski definition) is 1. The Labute approximate surface area is 118 Å². The van der Waals surface area contributed by atoms with Gasteiger partial charge in [0.2, 0.25) is 5.91 Å². The Hall–Kier alpha value is -0.900. The van der Waals surface area contributed by atoms with Crippen molar-refractivity contribution in [1.82, 2.24) is 5.32 Å². The minimum atomic E-state index is -0.178. The van der Waals surface area contributed by atoms with Gasteiger partial charge in [-0.05, 0) is 31.4 Å². The number of carbonyl (C=O) groups is 1. The molecule has 2 nitrogen and oxygen atoms in total. The fourth-order valence-electron chi connectivity index (χ4n) is 2.74. The van der Waals surface area contributed by atoms with E-state index in [2.05, 4.69) is 12.2 Å². The van der Waals surface area contributed by atoms with Crippen molar-refractivity contribution in [3.05, 3.63) is 22.1 Å². The number of nitrogens with one attached hydrogen (secondary N) is 1. The van der Waals surface area contributed by atoms with Crippen LogP contribution in [0.4, 0.5) is 4.39 Å². The Morgan fingerprint density at radius 2 is 2.16 bits per heavy atom. The zero-order chi connectivity index (χ0) is 13.7. The first kappa shape index (κ1) is 14.5. The molecule has 0 aliphatic heterocycles. The monoisotopic (exact) mass is 283 g/mol. The average molecular weight is 283 g/mol. The van der Waals surface area contributed by atoms with Crippen LogP contribution >= 0.6 is 11.3 Å². The molecule has 4 heteroatoms. The summed E-state index contributed by atoms with van der Waals surface area (Å²) in [5.41, 5.74) is 0. The van der Waals surface area contributed by atoms with Crippen LogP contribution in [0.3, 0.4) is 0 Å². The zero-order valence-corrected chi connectivity index (χ0v) is 12.3. The van der Waals surface area contributed by atoms with E-state index in [1.165, 1.54) is 12.5 Å². The third-order valence-electron chi connectivity index (χ3n) is 3.81. The molecule has 1 aromatic rings. The summed E-state index contributed by atoms with van der Waals surface area (Å²) >= 11 is 1.14. The standard InChI is InChI=1S/C15H22FNOS/c1-2-6-12(13-9-10-14(16)19-13)17-15(18)11-7-4-3-5-8-11/h9-12H,2-8H2,1H3,(H,17,18)/t12-/m0/s1. The lowest BCUT2D eigenvalue weighted by atomic mass is 9.88. The minimum Gasteiger partial charge on any atom is -0.348 e. The second kappa shape index (κ2) is 7.04. The van der Waals surface area contributed by atoms with Gasteiger partial charge in [-0.25, -0.2) is 0 Å². The Bertz CT molecular complexity index is 412. The summed E-state index contributed by atoms with van der Waals surface area (Å²) in [6, 6.07) is 3.26. The number of rotatable bonds is 5. The van der Waals surface area contributed by atoms with E-state index in [0.29, 0.717) is 0 Å². The molecule has 0 spiro atoms. The van der Waals surface area contributed by atoms with Crippen molar-refractivity contribution in [3.8, 4) is 0 Å². The fourth-order valence-corrected chi connectivity index (χ4v) is 3.56. The van der Waals surface area contributed by atoms with Crippen molar-refractivity contribution >= 4 is 17.2 Å². The molecule has 1 aliphatic rings. The van der Waals surface area contributed by atoms with E-state index in [1.54, 1.807) is 6.07 Å². The molecule has 19 heavy (non-hydrogen) atoms. The number of thiophene rings is 1. The second-order valence-electron chi connectivity index (χ2n) is 5.33. The van der Waals surface area contributed by atoms with Gasteiger partial charge in [0.1, 0.15) is 0 Å². The molecule has 2 rings (SSSR count). The lowest BCUT2D eigenvalue weighted by molar-refractivity contribution is -0.126. The molecule has 1 heterocycles. The van der Waals surface area contributed by atoms with Gasteiger partial charge in [-0.3, -0.25) is 4.79 Å². The van der Waals surface area contributed by atoms with Crippen LogP contribution in [0, 0.1) is 11.0 Å². The maximum Gasteiger partial charge on any atom is 0.223 e. The van der Waals surface area contributed by atoms with Gasteiger partial charge in [-0.1, -0.05) is 32.6 Å². The molecule has 1 aromatic heterocycles. The molecule has 106 valence electrons. The normalized spacial score (nSPS) is 18.2. The maximum absolute atomic E-state index is 13.1. The summed E-state index contributed by atoms with van der Waals surface area (Å²) < 4.78 is 13.1. The summed E-state index contributed by atoms with van der Waals surface area (Å²) in [7, 11) is 0. The largest absolute Gasteiger partial charge is 0.348 e. The molecule has 0 radical (unpaired) electrons. The lowest BCUT2D eigenvalue weighted by Gasteiger charge is -2.24. The van der Waals surface area contributed by atoms with E-state index in [0.717, 1.165) is 54.7 Å². The summed E-state index contributed by atoms with van der Waals surface area (Å²) in [5, 5.41) is 2.94. The Kier molecular flexibility index (Phi) is 5.37. The molecule has 1 aliphatic carbocycles. The lowest BCUT2D eigenvalue weighted by Crippen LogP contribution is -2.34. The molecule has 0 unspecified atom stereocenters. The van der Waals surface area contributed by atoms with Gasteiger partial charge in [0.05, 0.1) is 6.04 Å². The van der Waals surface area contributed by atoms with Crippen LogP contribution in [0.1, 0.15) is 62.8 Å². The smallest absolute Gasteiger partial charge is 0.223 e. The predicted octanol–water partition coefficient (Wildman–Crippen LogP) is 4.42. The summed E-state index contributed by atoms with van der Waals surface area (Å²) in [6.07, 6.45) is 7.42. The average Bonchev–Trinajstić information content (AvgIpc) is 2.86. The van der Waals surface area contributed by atoms with Gasteiger partial charge in [0.15, 0.2) is 5.13 Å². The summed E-state index contributed by atoms with van der Waals surface area (Å²) in [4.78, 5) is 13.2. The van der Waals surface area contributed by atoms with Crippen LogP contribution in [-0.4, -0.2) is 5.91 Å². The topological polar surface area (TPSA) is 29.1 Å². The zero-order valence-electron chi connectivity index (χ0n) is 11.5. The van der Waals surface area contributed by atoms with E-state index in [1.807, 2.05) is 0 Å². The first-order chi connectivity index (χ1) is 9.20. The quantitative estimate of drug-likeness (QED) is 0.851. The number of carbonyl (C=O) groups excluding carboxylic acids is 1. The highest BCUT2D eigenvalue weighted by Crippen LogP contribution is 2.28. The van der Waals surface area contributed by atoms with Gasteiger partial charge < -0.3 is 5.32 Å². The second-order valence-corrected chi connectivity index (χ2v) is 6.39. The van der Waals surface area contributed by atoms with E-state index in [9.17, 15) is 9.18 Å². The highest BCUT2D eigenvalue weighted by Gasteiger charge is 2.24. The van der Waals surface area contributed by atoms with Gasteiger partial charge in [-0.15, -0.1) is 11.3 Å². The van der Waals surface area contributed by atoms with E-state index < -0.39 is 0 Å². The van der Waals surface area contributed by atoms with Gasteiger partial charge in [0, 0.05) is 10.8 Å². The Morgan fingerprint density at radius 3 is 2.74 bits per heavy atom. The minimum absolute atomic E-state index is 0.0195. The predicted molar refractivity (Wildman–Crippen MR) is 76.6 cm³/mol. The molecule has 0 aromatic carbocycles. The van der Waals surface area contributed by atoms with Gasteiger partial charge in [0.25, 0.3) is 0 Å². The number of hydrogen-bond acceptors (Lipinski definition) is 2. The molecule has 0 saturated heterocycles. The summed E-state index contributed by atoms with van der Waals surface area (Å²) in [6.45, 7) is 2.09. The van der Waals surface area contributed by atoms with Crippen molar-refractivity contribution < 1.29 is 9.18 Å². The Balaban J connectivity index is 1.97. The van der Waals surface area contributed by atoms with Crippen molar-refractivity contribution in [2.75, 3.05) is 0 Å². The molecule has 1 N–H and O–H groups in total. The van der Waals surface area contributed by atoms with Crippen molar-refractivity contribution in [3.63, 3.8) is 0 Å². The van der Waals surface area contributed by atoms with Crippen LogP contribution in [0.25, 0.3) is 0 Å². The van der Waals surface area contributed by atoms with E-state index >= 15 is 0 Å². The molecule has 1 fully saturated rings. The van der Waals surface area contributed by atoms with Crippen molar-refractivity contribution in [1.29, 1.82) is 0 Å². The SMILES string of the molecule is CCC[C@H](NC(=O)C1CCCCC1)c1ccc(F)s1. The van der Waals surface area contributed by atoms with Crippen LogP contribution in [0.15, 0.2) is 12.1 Å². The third kappa shape index (κ3) is 4.03. The van der Waals surface area contributed by atoms with Crippen LogP contribution in [0.2, 0.25) is 0 Å². The highest BCUT2D eigenvalue weighted by atomic mass is 32.1. The number of amides is 1. The third-order valence-corrected chi connectivity index (χ3v) is 4.79. The molecular weight excluding hydrogens is 261 g/mol. The fraction of sp³-hybridized carbons (Fsp3) is 0.667. The molecule has 1 atom stereocenters. The maximum atomic E-state index is 13.1. The van der Waals surface area contributed by atoms with Crippen LogP contribution in [-0.2, 0) is 4.79 Å². The first-order valence-corrected chi connectivity index (χ1v) is 8.08. The van der Waals surface area contributed by atoms with Gasteiger partial charge in [-0.2, -0.15) is 4.39 Å². The van der Waals surface area contributed by atoms with E-state index in [-0.39, 0.29) is 23.0 Å².